The van der Waals surface area contributed by atoms with E-state index in [-0.39, 0.29) is 6.54 Å². The Hall–Kier alpha value is -0.690. The number of hydrogen-bond acceptors (Lipinski definition) is 5. The third-order valence-corrected chi connectivity index (χ3v) is 2.31. The van der Waals surface area contributed by atoms with Gasteiger partial charge in [-0.15, -0.1) is 0 Å². The lowest BCUT2D eigenvalue weighted by Crippen LogP contribution is -2.63. The molecule has 76 valence electrons. The molecule has 0 saturated carbocycles. The highest BCUT2D eigenvalue weighted by molar-refractivity contribution is 5.80. The fraction of sp³-hybridized carbons (Fsp3) is 0.857. The molecule has 1 aliphatic rings. The van der Waals surface area contributed by atoms with Crippen LogP contribution in [0.2, 0.25) is 0 Å². The van der Waals surface area contributed by atoms with E-state index >= 15 is 0 Å². The number of aliphatic hydroxyl groups is 3. The zero-order valence-electron chi connectivity index (χ0n) is 7.29. The molecule has 0 aliphatic carbocycles. The molecule has 1 amide bonds. The second-order valence-corrected chi connectivity index (χ2v) is 3.34. The van der Waals surface area contributed by atoms with Gasteiger partial charge < -0.3 is 21.1 Å². The average Bonchev–Trinajstić information content (AvgIpc) is 1.99. The predicted molar refractivity (Wildman–Crippen MR) is 43.6 cm³/mol. The summed E-state index contributed by atoms with van der Waals surface area (Å²) in [4.78, 5) is 12.3. The van der Waals surface area contributed by atoms with Crippen molar-refractivity contribution in [2.45, 2.75) is 24.4 Å². The molecule has 0 spiro atoms. The lowest BCUT2D eigenvalue weighted by atomic mass is 9.94. The molecule has 6 nitrogen and oxygen atoms in total. The van der Waals surface area contributed by atoms with Crippen molar-refractivity contribution in [1.29, 1.82) is 0 Å². The highest BCUT2D eigenvalue weighted by Gasteiger charge is 2.42. The van der Waals surface area contributed by atoms with Gasteiger partial charge in [-0.3, -0.25) is 9.69 Å². The Morgan fingerprint density at radius 1 is 1.38 bits per heavy atom. The Bertz CT molecular complexity index is 211. The first kappa shape index (κ1) is 10.4. The Balaban J connectivity index is 2.79. The molecule has 1 rings (SSSR count). The fourth-order valence-electron chi connectivity index (χ4n) is 1.58. The third-order valence-electron chi connectivity index (χ3n) is 2.31. The molecule has 0 unspecified atom stereocenters. The Kier molecular flexibility index (Phi) is 2.87. The lowest BCUT2D eigenvalue weighted by molar-refractivity contribution is -0.151. The number of likely N-dealkylation sites (N-methyl/N-ethyl adjacent to an activating group) is 1. The molecule has 5 N–H and O–H groups in total. The van der Waals surface area contributed by atoms with Crippen molar-refractivity contribution in [2.75, 3.05) is 13.6 Å². The number of primary amides is 1. The van der Waals surface area contributed by atoms with E-state index in [1.54, 1.807) is 7.05 Å². The minimum atomic E-state index is -1.33. The maximum Gasteiger partial charge on any atom is 0.237 e. The van der Waals surface area contributed by atoms with Gasteiger partial charge in [-0.25, -0.2) is 0 Å². The number of nitrogens with zero attached hydrogens (tertiary/aromatic N) is 1. The fourth-order valence-corrected chi connectivity index (χ4v) is 1.58. The predicted octanol–water partition coefficient (Wildman–Crippen LogP) is -3.13. The number of piperidine rings is 1. The molecule has 1 aliphatic heterocycles. The average molecular weight is 190 g/mol. The summed E-state index contributed by atoms with van der Waals surface area (Å²) in [5.74, 6) is -0.707. The largest absolute Gasteiger partial charge is 0.389 e. The Morgan fingerprint density at radius 3 is 2.38 bits per heavy atom. The van der Waals surface area contributed by atoms with E-state index in [4.69, 9.17) is 5.73 Å². The lowest BCUT2D eigenvalue weighted by Gasteiger charge is -2.40. The molecule has 1 saturated heterocycles. The molecule has 0 radical (unpaired) electrons. The van der Waals surface area contributed by atoms with E-state index < -0.39 is 30.3 Å². The summed E-state index contributed by atoms with van der Waals surface area (Å²) in [6.45, 7) is 0.117. The standard InChI is InChI=1S/C7H14N2O4/c1-9-2-3(10)5(11)6(12)4(9)7(8)13/h3-6,10-12H,2H2,1H3,(H2,8,13)/t3-,4+,5+,6-/m1/s1. The summed E-state index contributed by atoms with van der Waals surface area (Å²) in [5, 5.41) is 27.9. The third kappa shape index (κ3) is 1.80. The van der Waals surface area contributed by atoms with Crippen LogP contribution in [0.5, 0.6) is 0 Å². The smallest absolute Gasteiger partial charge is 0.237 e. The van der Waals surface area contributed by atoms with Gasteiger partial charge in [-0.1, -0.05) is 0 Å². The molecule has 1 heterocycles. The van der Waals surface area contributed by atoms with Crippen molar-refractivity contribution in [2.24, 2.45) is 5.73 Å². The number of rotatable bonds is 1. The highest BCUT2D eigenvalue weighted by atomic mass is 16.4. The van der Waals surface area contributed by atoms with E-state index in [2.05, 4.69) is 0 Å². The van der Waals surface area contributed by atoms with Gasteiger partial charge in [-0.2, -0.15) is 0 Å². The van der Waals surface area contributed by atoms with Crippen molar-refractivity contribution in [3.05, 3.63) is 0 Å². The first-order valence-corrected chi connectivity index (χ1v) is 3.99. The maximum atomic E-state index is 10.9. The molecular weight excluding hydrogens is 176 g/mol. The zero-order valence-corrected chi connectivity index (χ0v) is 7.29. The maximum absolute atomic E-state index is 10.9. The first-order valence-electron chi connectivity index (χ1n) is 3.99. The van der Waals surface area contributed by atoms with E-state index in [1.807, 2.05) is 0 Å². The summed E-state index contributed by atoms with van der Waals surface area (Å²) in [6.07, 6.45) is -3.68. The van der Waals surface area contributed by atoms with Crippen LogP contribution in [-0.2, 0) is 4.79 Å². The molecule has 0 aromatic heterocycles. The molecule has 0 bridgehead atoms. The van der Waals surface area contributed by atoms with Gasteiger partial charge in [0.1, 0.15) is 18.2 Å². The van der Waals surface area contributed by atoms with Crippen molar-refractivity contribution in [1.82, 2.24) is 4.90 Å². The number of hydrogen-bond donors (Lipinski definition) is 4. The molecule has 1 fully saturated rings. The van der Waals surface area contributed by atoms with Crippen LogP contribution in [0.3, 0.4) is 0 Å². The number of amides is 1. The normalized spacial score (nSPS) is 41.8. The van der Waals surface area contributed by atoms with Crippen LogP contribution < -0.4 is 5.73 Å². The van der Waals surface area contributed by atoms with Gasteiger partial charge >= 0.3 is 0 Å². The number of carbonyl (C=O) groups is 1. The van der Waals surface area contributed by atoms with Gasteiger partial charge in [0, 0.05) is 6.54 Å². The monoisotopic (exact) mass is 190 g/mol. The summed E-state index contributed by atoms with van der Waals surface area (Å²) in [5.41, 5.74) is 5.02. The number of nitrogens with two attached hydrogens (primary N) is 1. The number of aliphatic hydroxyl groups excluding tert-OH is 3. The zero-order chi connectivity index (χ0) is 10.2. The van der Waals surface area contributed by atoms with Crippen LogP contribution >= 0.6 is 0 Å². The summed E-state index contributed by atoms with van der Waals surface area (Å²) < 4.78 is 0. The number of carbonyl (C=O) groups excluding carboxylic acids is 1. The molecule has 0 aromatic carbocycles. The van der Waals surface area contributed by atoms with Crippen molar-refractivity contribution >= 4 is 5.91 Å². The topological polar surface area (TPSA) is 107 Å². The first-order chi connectivity index (χ1) is 5.95. The summed E-state index contributed by atoms with van der Waals surface area (Å²) in [6, 6.07) is -0.932. The van der Waals surface area contributed by atoms with E-state index in [0.717, 1.165) is 0 Å². The molecule has 6 heteroatoms. The van der Waals surface area contributed by atoms with E-state index in [1.165, 1.54) is 4.90 Å². The van der Waals surface area contributed by atoms with Crippen LogP contribution in [0.15, 0.2) is 0 Å². The van der Waals surface area contributed by atoms with Gasteiger partial charge in [0.05, 0.1) is 6.10 Å². The van der Waals surface area contributed by atoms with E-state index in [9.17, 15) is 20.1 Å². The highest BCUT2D eigenvalue weighted by Crippen LogP contribution is 2.16. The van der Waals surface area contributed by atoms with Crippen LogP contribution in [-0.4, -0.2) is 64.1 Å². The Morgan fingerprint density at radius 2 is 1.92 bits per heavy atom. The van der Waals surface area contributed by atoms with Crippen LogP contribution in [0, 0.1) is 0 Å². The molecular formula is C7H14N2O4. The Labute approximate surface area is 75.6 Å². The van der Waals surface area contributed by atoms with Gasteiger partial charge in [0.25, 0.3) is 0 Å². The van der Waals surface area contributed by atoms with Crippen molar-refractivity contribution in [3.63, 3.8) is 0 Å². The van der Waals surface area contributed by atoms with Crippen LogP contribution in [0.1, 0.15) is 0 Å². The summed E-state index contributed by atoms with van der Waals surface area (Å²) in [7, 11) is 1.55. The van der Waals surface area contributed by atoms with Crippen LogP contribution in [0.25, 0.3) is 0 Å². The molecule has 0 aromatic rings. The van der Waals surface area contributed by atoms with Gasteiger partial charge in [0.15, 0.2) is 0 Å². The SMILES string of the molecule is CN1C[C@@H](O)[C@H](O)[C@H](O)[C@H]1C(N)=O. The minimum Gasteiger partial charge on any atom is -0.389 e. The summed E-state index contributed by atoms with van der Waals surface area (Å²) >= 11 is 0. The van der Waals surface area contributed by atoms with Crippen LogP contribution in [0.4, 0.5) is 0 Å². The van der Waals surface area contributed by atoms with Crippen molar-refractivity contribution < 1.29 is 20.1 Å². The number of β-amino-alcohol motifs (C(OH)–C–C–N with tert-alkyl or cyclic N) is 1. The van der Waals surface area contributed by atoms with Crippen molar-refractivity contribution in [3.8, 4) is 0 Å². The minimum absolute atomic E-state index is 0.117. The number of likely N-dealkylation sites (tertiary alicyclic amines) is 1. The van der Waals surface area contributed by atoms with E-state index in [0.29, 0.717) is 0 Å². The quantitative estimate of drug-likeness (QED) is 0.350. The molecule has 4 atom stereocenters. The van der Waals surface area contributed by atoms with Gasteiger partial charge in [0.2, 0.25) is 5.91 Å². The molecule has 13 heavy (non-hydrogen) atoms. The second-order valence-electron chi connectivity index (χ2n) is 3.34. The second kappa shape index (κ2) is 3.59. The van der Waals surface area contributed by atoms with Gasteiger partial charge in [-0.05, 0) is 7.05 Å².